The molecule has 0 aliphatic rings. The van der Waals surface area contributed by atoms with Gasteiger partial charge in [-0.1, -0.05) is 176 Å². The van der Waals surface area contributed by atoms with Gasteiger partial charge >= 0.3 is 0 Å². The second-order valence-electron chi connectivity index (χ2n) is 14.4. The fourth-order valence-electron chi connectivity index (χ4n) is 8.52. The highest BCUT2D eigenvalue weighted by atomic mass is 16.3. The monoisotopic (exact) mass is 729 g/mol. The zero-order valence-corrected chi connectivity index (χ0v) is 31.0. The highest BCUT2D eigenvalue weighted by molar-refractivity contribution is 6.12. The Bertz CT molecular complexity index is 3230. The maximum Gasteiger partial charge on any atom is 0.159 e. The van der Waals surface area contributed by atoms with Crippen molar-refractivity contribution in [3.05, 3.63) is 212 Å². The summed E-state index contributed by atoms with van der Waals surface area (Å²) < 4.78 is 13.3. The van der Waals surface area contributed by atoms with Gasteiger partial charge in [0.25, 0.3) is 0 Å². The van der Waals surface area contributed by atoms with Crippen LogP contribution in [-0.4, -0.2) is 0 Å². The van der Waals surface area contributed by atoms with Gasteiger partial charge < -0.3 is 13.7 Å². The summed E-state index contributed by atoms with van der Waals surface area (Å²) in [6.07, 6.45) is 0. The molecule has 0 atom stereocenters. The normalized spacial score (nSPS) is 11.5. The van der Waals surface area contributed by atoms with E-state index >= 15 is 0 Å². The summed E-state index contributed by atoms with van der Waals surface area (Å²) in [5.74, 6) is 0. The van der Waals surface area contributed by atoms with Gasteiger partial charge in [-0.2, -0.15) is 0 Å². The van der Waals surface area contributed by atoms with Crippen molar-refractivity contribution in [2.45, 2.75) is 0 Å². The lowest BCUT2D eigenvalue weighted by atomic mass is 9.87. The molecule has 0 fully saturated rings. The first-order valence-corrected chi connectivity index (χ1v) is 19.3. The van der Waals surface area contributed by atoms with Gasteiger partial charge in [0, 0.05) is 38.4 Å². The molecule has 11 rings (SSSR count). The fraction of sp³-hybridized carbons (Fsp3) is 0. The second-order valence-corrected chi connectivity index (χ2v) is 14.4. The quantitative estimate of drug-likeness (QED) is 0.164. The van der Waals surface area contributed by atoms with E-state index in [9.17, 15) is 0 Å². The summed E-state index contributed by atoms with van der Waals surface area (Å²) in [7, 11) is 0. The van der Waals surface area contributed by atoms with Gasteiger partial charge in [-0.3, -0.25) is 0 Å². The first-order valence-electron chi connectivity index (χ1n) is 19.3. The average molecular weight is 730 g/mol. The van der Waals surface area contributed by atoms with Crippen LogP contribution >= 0.6 is 0 Å². The summed E-state index contributed by atoms with van der Waals surface area (Å²) in [5.41, 5.74) is 15.5. The zero-order valence-electron chi connectivity index (χ0n) is 31.0. The predicted octanol–water partition coefficient (Wildman–Crippen LogP) is 15.6. The first kappa shape index (κ1) is 32.8. The Morgan fingerprint density at radius 3 is 1.44 bits per heavy atom. The summed E-state index contributed by atoms with van der Waals surface area (Å²) in [6, 6.07) is 75.1. The number of benzene rings is 9. The van der Waals surface area contributed by atoms with Gasteiger partial charge in [0.2, 0.25) is 0 Å². The van der Waals surface area contributed by atoms with Gasteiger partial charge in [0.15, 0.2) is 5.58 Å². The highest BCUT2D eigenvalue weighted by Crippen LogP contribution is 2.50. The Balaban J connectivity index is 1.18. The fourth-order valence-corrected chi connectivity index (χ4v) is 8.52. The van der Waals surface area contributed by atoms with Gasteiger partial charge in [-0.15, -0.1) is 0 Å². The van der Waals surface area contributed by atoms with Crippen molar-refractivity contribution in [1.29, 1.82) is 0 Å². The van der Waals surface area contributed by atoms with Crippen molar-refractivity contribution in [1.82, 2.24) is 0 Å². The van der Waals surface area contributed by atoms with Gasteiger partial charge in [0.1, 0.15) is 16.7 Å². The van der Waals surface area contributed by atoms with E-state index in [0.717, 1.165) is 99.9 Å². The molecule has 0 amide bonds. The predicted molar refractivity (Wildman–Crippen MR) is 237 cm³/mol. The maximum absolute atomic E-state index is 6.78. The van der Waals surface area contributed by atoms with Crippen LogP contribution in [0.5, 0.6) is 0 Å². The molecule has 9 aromatic carbocycles. The standard InChI is InChI=1S/C54H35NO2/c1-3-16-36(17-4-1)40-20-7-8-23-45(40)52-41(37-18-5-2-6-19-37)24-14-28-48(52)55(49-29-15-27-47-44-22-10-12-31-51(44)57-54(47)49)39-34-32-38(33-35-39)42-25-13-26-46-43-21-9-11-30-50(43)56-53(42)46/h1-35H. The summed E-state index contributed by atoms with van der Waals surface area (Å²) in [4.78, 5) is 2.37. The van der Waals surface area contributed by atoms with Crippen LogP contribution in [0.25, 0.3) is 88.4 Å². The lowest BCUT2D eigenvalue weighted by Crippen LogP contribution is -2.12. The molecule has 2 aromatic heterocycles. The molecule has 57 heavy (non-hydrogen) atoms. The molecular formula is C54H35NO2. The molecule has 0 spiro atoms. The van der Waals surface area contributed by atoms with E-state index in [0.29, 0.717) is 0 Å². The number of hydrogen-bond acceptors (Lipinski definition) is 3. The number of anilines is 3. The Hall–Kier alpha value is -7.62. The Morgan fingerprint density at radius 1 is 0.281 bits per heavy atom. The van der Waals surface area contributed by atoms with E-state index in [4.69, 9.17) is 8.83 Å². The largest absolute Gasteiger partial charge is 0.455 e. The van der Waals surface area contributed by atoms with Crippen LogP contribution in [0.4, 0.5) is 17.1 Å². The summed E-state index contributed by atoms with van der Waals surface area (Å²) in [6.45, 7) is 0. The van der Waals surface area contributed by atoms with Crippen molar-refractivity contribution >= 4 is 60.9 Å². The number of fused-ring (bicyclic) bond motifs is 6. The molecule has 0 bridgehead atoms. The van der Waals surface area contributed by atoms with Crippen LogP contribution in [0.2, 0.25) is 0 Å². The number of hydrogen-bond donors (Lipinski definition) is 0. The molecular weight excluding hydrogens is 695 g/mol. The summed E-state index contributed by atoms with van der Waals surface area (Å²) in [5, 5.41) is 4.41. The zero-order chi connectivity index (χ0) is 37.7. The van der Waals surface area contributed by atoms with Crippen LogP contribution in [0.3, 0.4) is 0 Å². The molecule has 268 valence electrons. The average Bonchev–Trinajstić information content (AvgIpc) is 3.87. The van der Waals surface area contributed by atoms with Crippen molar-refractivity contribution in [3.63, 3.8) is 0 Å². The third-order valence-electron chi connectivity index (χ3n) is 11.1. The molecule has 11 aromatic rings. The molecule has 0 saturated heterocycles. The lowest BCUT2D eigenvalue weighted by molar-refractivity contribution is 0.669. The van der Waals surface area contributed by atoms with Crippen molar-refractivity contribution < 1.29 is 8.83 Å². The second kappa shape index (κ2) is 13.6. The number of rotatable bonds is 7. The molecule has 3 nitrogen and oxygen atoms in total. The first-order chi connectivity index (χ1) is 28.3. The van der Waals surface area contributed by atoms with E-state index in [-0.39, 0.29) is 0 Å². The molecule has 3 heteroatoms. The highest BCUT2D eigenvalue weighted by Gasteiger charge is 2.25. The third-order valence-corrected chi connectivity index (χ3v) is 11.1. The number of para-hydroxylation sites is 4. The molecule has 2 heterocycles. The van der Waals surface area contributed by atoms with Crippen molar-refractivity contribution in [2.75, 3.05) is 4.90 Å². The van der Waals surface area contributed by atoms with Crippen LogP contribution in [0.1, 0.15) is 0 Å². The lowest BCUT2D eigenvalue weighted by Gasteiger charge is -2.30. The Kier molecular flexibility index (Phi) is 7.82. The van der Waals surface area contributed by atoms with Gasteiger partial charge in [-0.05, 0) is 69.8 Å². The van der Waals surface area contributed by atoms with Crippen LogP contribution in [-0.2, 0) is 0 Å². The molecule has 0 aliphatic carbocycles. The maximum atomic E-state index is 6.78. The topological polar surface area (TPSA) is 29.5 Å². The minimum atomic E-state index is 0.835. The van der Waals surface area contributed by atoms with Gasteiger partial charge in [-0.25, -0.2) is 0 Å². The van der Waals surface area contributed by atoms with E-state index in [2.05, 4.69) is 199 Å². The molecule has 0 radical (unpaired) electrons. The van der Waals surface area contributed by atoms with Crippen molar-refractivity contribution in [2.24, 2.45) is 0 Å². The van der Waals surface area contributed by atoms with Crippen LogP contribution < -0.4 is 4.90 Å². The minimum absolute atomic E-state index is 0.835. The number of furan rings is 2. The summed E-state index contributed by atoms with van der Waals surface area (Å²) >= 11 is 0. The smallest absolute Gasteiger partial charge is 0.159 e. The van der Waals surface area contributed by atoms with E-state index in [1.54, 1.807) is 0 Å². The number of nitrogens with zero attached hydrogens (tertiary/aromatic N) is 1. The molecule has 0 N–H and O–H groups in total. The SMILES string of the molecule is c1ccc(-c2ccccc2-c2c(-c3ccccc3)cccc2N(c2ccc(-c3cccc4c3oc3ccccc34)cc2)c2cccc3c2oc2ccccc23)cc1. The van der Waals surface area contributed by atoms with E-state index < -0.39 is 0 Å². The Morgan fingerprint density at radius 2 is 0.737 bits per heavy atom. The van der Waals surface area contributed by atoms with Gasteiger partial charge in [0.05, 0.1) is 11.4 Å². The van der Waals surface area contributed by atoms with E-state index in [1.165, 1.54) is 5.56 Å². The molecule has 0 aliphatic heterocycles. The van der Waals surface area contributed by atoms with Crippen LogP contribution in [0.15, 0.2) is 221 Å². The van der Waals surface area contributed by atoms with Crippen molar-refractivity contribution in [3.8, 4) is 44.5 Å². The molecule has 0 unspecified atom stereocenters. The molecule has 0 saturated carbocycles. The van der Waals surface area contributed by atoms with Crippen LogP contribution in [0, 0.1) is 0 Å². The Labute approximate surface area is 330 Å². The third kappa shape index (κ3) is 5.51. The van der Waals surface area contributed by atoms with E-state index in [1.807, 2.05) is 18.2 Å². The minimum Gasteiger partial charge on any atom is -0.455 e.